The fourth-order valence-corrected chi connectivity index (χ4v) is 7.36. The minimum absolute atomic E-state index is 0.0569. The van der Waals surface area contributed by atoms with Crippen molar-refractivity contribution in [2.24, 2.45) is 5.92 Å². The molecule has 192 valence electrons. The van der Waals surface area contributed by atoms with E-state index in [0.29, 0.717) is 44.5 Å². The number of anilines is 2. The molecule has 2 aromatic carbocycles. The van der Waals surface area contributed by atoms with E-state index < -0.39 is 20.0 Å². The van der Waals surface area contributed by atoms with Crippen molar-refractivity contribution < 1.29 is 21.6 Å². The number of carbonyl (C=O) groups excluding carboxylic acids is 1. The third kappa shape index (κ3) is 6.90. The van der Waals surface area contributed by atoms with E-state index in [2.05, 4.69) is 15.0 Å². The van der Waals surface area contributed by atoms with Crippen molar-refractivity contribution in [1.29, 1.82) is 0 Å². The standard InChI is InChI=1S/C24H28N4O5S3/c29-23(26-21-8-10-22(11-9-21)36(32,33)27-24-25-14-17-34-24)20-12-15-28(16-13-20)35(30,31)18-4-7-19-5-2-1-3-6-19/h1-3,5-6,8-11,14,17,20H,4,7,12-13,15-16,18H2,(H,25,27)(H,26,29). The lowest BCUT2D eigenvalue weighted by Crippen LogP contribution is -2.42. The number of benzene rings is 2. The molecule has 1 saturated heterocycles. The molecule has 1 aromatic heterocycles. The molecule has 0 atom stereocenters. The summed E-state index contributed by atoms with van der Waals surface area (Å²) >= 11 is 1.18. The second kappa shape index (κ2) is 11.5. The van der Waals surface area contributed by atoms with Gasteiger partial charge in [0.15, 0.2) is 5.13 Å². The lowest BCUT2D eigenvalue weighted by molar-refractivity contribution is -0.120. The number of aryl methyl sites for hydroxylation is 1. The number of thiazole rings is 1. The Morgan fingerprint density at radius 1 is 1.00 bits per heavy atom. The molecule has 1 aliphatic rings. The molecule has 9 nitrogen and oxygen atoms in total. The Hall–Kier alpha value is -2.80. The molecule has 2 heterocycles. The molecule has 1 fully saturated rings. The Labute approximate surface area is 215 Å². The number of rotatable bonds is 10. The van der Waals surface area contributed by atoms with Gasteiger partial charge in [-0.15, -0.1) is 11.3 Å². The maximum absolute atomic E-state index is 12.7. The van der Waals surface area contributed by atoms with Gasteiger partial charge in [-0.1, -0.05) is 30.3 Å². The van der Waals surface area contributed by atoms with E-state index in [9.17, 15) is 21.6 Å². The van der Waals surface area contributed by atoms with E-state index in [1.54, 1.807) is 5.38 Å². The highest BCUT2D eigenvalue weighted by Crippen LogP contribution is 2.24. The number of aromatic nitrogens is 1. The summed E-state index contributed by atoms with van der Waals surface area (Å²) in [7, 11) is -7.13. The summed E-state index contributed by atoms with van der Waals surface area (Å²) < 4.78 is 54.2. The summed E-state index contributed by atoms with van der Waals surface area (Å²) in [6.45, 7) is 0.622. The van der Waals surface area contributed by atoms with Crippen molar-refractivity contribution in [2.45, 2.75) is 30.6 Å². The van der Waals surface area contributed by atoms with Crippen LogP contribution >= 0.6 is 11.3 Å². The predicted molar refractivity (Wildman–Crippen MR) is 141 cm³/mol. The molecule has 3 aromatic rings. The van der Waals surface area contributed by atoms with Gasteiger partial charge >= 0.3 is 0 Å². The van der Waals surface area contributed by atoms with Gasteiger partial charge in [-0.2, -0.15) is 0 Å². The van der Waals surface area contributed by atoms with Gasteiger partial charge in [-0.25, -0.2) is 26.1 Å². The molecule has 4 rings (SSSR count). The Balaban J connectivity index is 1.25. The Kier molecular flexibility index (Phi) is 8.39. The quantitative estimate of drug-likeness (QED) is 0.399. The zero-order valence-electron chi connectivity index (χ0n) is 19.5. The van der Waals surface area contributed by atoms with Gasteiger partial charge in [0.25, 0.3) is 10.0 Å². The number of nitrogens with zero attached hydrogens (tertiary/aromatic N) is 2. The van der Waals surface area contributed by atoms with Gasteiger partial charge < -0.3 is 5.32 Å². The van der Waals surface area contributed by atoms with Crippen molar-refractivity contribution in [3.63, 3.8) is 0 Å². The van der Waals surface area contributed by atoms with Crippen LogP contribution in [0, 0.1) is 5.92 Å². The maximum atomic E-state index is 12.7. The summed E-state index contributed by atoms with van der Waals surface area (Å²) in [6.07, 6.45) is 3.65. The molecule has 0 radical (unpaired) electrons. The number of hydrogen-bond donors (Lipinski definition) is 2. The van der Waals surface area contributed by atoms with E-state index in [0.717, 1.165) is 5.56 Å². The Morgan fingerprint density at radius 2 is 1.69 bits per heavy atom. The normalized spacial score (nSPS) is 15.4. The fourth-order valence-electron chi connectivity index (χ4n) is 4.04. The highest BCUT2D eigenvalue weighted by Gasteiger charge is 2.31. The molecule has 2 N–H and O–H groups in total. The topological polar surface area (TPSA) is 126 Å². The van der Waals surface area contributed by atoms with Crippen LogP contribution in [0.2, 0.25) is 0 Å². The molecule has 1 aliphatic heterocycles. The second-order valence-corrected chi connectivity index (χ2v) is 13.2. The highest BCUT2D eigenvalue weighted by molar-refractivity contribution is 7.93. The third-order valence-corrected chi connectivity index (χ3v) is 10.1. The average molecular weight is 549 g/mol. The Bertz CT molecular complexity index is 1350. The number of amides is 1. The van der Waals surface area contributed by atoms with E-state index in [-0.39, 0.29) is 27.6 Å². The predicted octanol–water partition coefficient (Wildman–Crippen LogP) is 3.56. The average Bonchev–Trinajstić information content (AvgIpc) is 3.37. The van der Waals surface area contributed by atoms with Crippen molar-refractivity contribution in [1.82, 2.24) is 9.29 Å². The third-order valence-electron chi connectivity index (χ3n) is 6.01. The molecule has 0 spiro atoms. The summed E-state index contributed by atoms with van der Waals surface area (Å²) in [5, 5.41) is 4.75. The number of piperidine rings is 1. The van der Waals surface area contributed by atoms with Crippen LogP contribution in [0.1, 0.15) is 24.8 Å². The lowest BCUT2D eigenvalue weighted by atomic mass is 9.97. The van der Waals surface area contributed by atoms with Gasteiger partial charge in [0, 0.05) is 36.3 Å². The fraction of sp³-hybridized carbons (Fsp3) is 0.333. The van der Waals surface area contributed by atoms with Crippen molar-refractivity contribution in [2.75, 3.05) is 28.9 Å². The van der Waals surface area contributed by atoms with Crippen molar-refractivity contribution in [3.05, 3.63) is 71.7 Å². The Morgan fingerprint density at radius 3 is 2.33 bits per heavy atom. The van der Waals surface area contributed by atoms with E-state index in [1.807, 2.05) is 30.3 Å². The minimum Gasteiger partial charge on any atom is -0.326 e. The van der Waals surface area contributed by atoms with Crippen molar-refractivity contribution >= 4 is 48.1 Å². The van der Waals surface area contributed by atoms with Crippen LogP contribution in [0.25, 0.3) is 0 Å². The van der Waals surface area contributed by atoms with Crippen LogP contribution in [-0.4, -0.2) is 50.9 Å². The van der Waals surface area contributed by atoms with Gasteiger partial charge in [0.2, 0.25) is 15.9 Å². The first-order valence-corrected chi connectivity index (χ1v) is 15.6. The molecule has 1 amide bonds. The van der Waals surface area contributed by atoms with E-state index in [4.69, 9.17) is 0 Å². The van der Waals surface area contributed by atoms with Gasteiger partial charge in [0.05, 0.1) is 10.6 Å². The second-order valence-electron chi connectivity index (χ2n) is 8.53. The molecule has 0 aliphatic carbocycles. The van der Waals surface area contributed by atoms with Crippen molar-refractivity contribution in [3.8, 4) is 0 Å². The number of sulfonamides is 2. The van der Waals surface area contributed by atoms with Gasteiger partial charge in [-0.3, -0.25) is 9.52 Å². The van der Waals surface area contributed by atoms with Crippen LogP contribution in [0.3, 0.4) is 0 Å². The molecule has 0 unspecified atom stereocenters. The number of hydrogen-bond acceptors (Lipinski definition) is 7. The lowest BCUT2D eigenvalue weighted by Gasteiger charge is -2.30. The van der Waals surface area contributed by atoms with Crippen LogP contribution in [0.4, 0.5) is 10.8 Å². The summed E-state index contributed by atoms with van der Waals surface area (Å²) in [6, 6.07) is 15.7. The zero-order chi connectivity index (χ0) is 25.6. The van der Waals surface area contributed by atoms with Gasteiger partial charge in [0.1, 0.15) is 0 Å². The number of carbonyl (C=O) groups is 1. The molecule has 0 bridgehead atoms. The maximum Gasteiger partial charge on any atom is 0.263 e. The molecule has 12 heteroatoms. The smallest absolute Gasteiger partial charge is 0.263 e. The zero-order valence-corrected chi connectivity index (χ0v) is 22.0. The van der Waals surface area contributed by atoms with Crippen LogP contribution < -0.4 is 10.0 Å². The van der Waals surface area contributed by atoms with Crippen LogP contribution in [0.5, 0.6) is 0 Å². The monoisotopic (exact) mass is 548 g/mol. The van der Waals surface area contributed by atoms with E-state index >= 15 is 0 Å². The van der Waals surface area contributed by atoms with Gasteiger partial charge in [-0.05, 0) is 55.5 Å². The largest absolute Gasteiger partial charge is 0.326 e. The molecule has 0 saturated carbocycles. The van der Waals surface area contributed by atoms with Crippen LogP contribution in [0.15, 0.2) is 71.1 Å². The summed E-state index contributed by atoms with van der Waals surface area (Å²) in [5.41, 5.74) is 1.59. The first-order chi connectivity index (χ1) is 17.2. The minimum atomic E-state index is -3.77. The number of nitrogens with one attached hydrogen (secondary N) is 2. The first-order valence-electron chi connectivity index (χ1n) is 11.6. The summed E-state index contributed by atoms with van der Waals surface area (Å²) in [4.78, 5) is 16.7. The van der Waals surface area contributed by atoms with E-state index in [1.165, 1.54) is 46.1 Å². The molecular formula is C24H28N4O5S3. The SMILES string of the molecule is O=C(Nc1ccc(S(=O)(=O)Nc2nccs2)cc1)C1CCN(S(=O)(=O)CCCc2ccccc2)CC1. The molecular weight excluding hydrogens is 520 g/mol. The van der Waals surface area contributed by atoms with Crippen LogP contribution in [-0.2, 0) is 31.3 Å². The molecule has 36 heavy (non-hydrogen) atoms. The first kappa shape index (κ1) is 26.3. The summed E-state index contributed by atoms with van der Waals surface area (Å²) in [5.74, 6) is -0.422. The highest BCUT2D eigenvalue weighted by atomic mass is 32.2.